The fraction of sp³-hybridized carbons (Fsp3) is 0. The van der Waals surface area contributed by atoms with Gasteiger partial charge in [0, 0.05) is 17.6 Å². The van der Waals surface area contributed by atoms with Gasteiger partial charge in [-0.1, -0.05) is 0 Å². The fourth-order valence-corrected chi connectivity index (χ4v) is 0. The average Bonchev–Trinajstić information content (AvgIpc) is 0.918. The molecule has 0 fully saturated rings. The first-order valence-corrected chi connectivity index (χ1v) is 5.89. The van der Waals surface area contributed by atoms with Gasteiger partial charge in [0.05, 0.1) is 0 Å². The van der Waals surface area contributed by atoms with E-state index >= 15 is 0 Å². The van der Waals surface area contributed by atoms with E-state index in [1.807, 2.05) is 0 Å². The summed E-state index contributed by atoms with van der Waals surface area (Å²) in [6.07, 6.45) is 0. The summed E-state index contributed by atoms with van der Waals surface area (Å²) in [7, 11) is 9.78. The van der Waals surface area contributed by atoms with Gasteiger partial charge in [-0.2, -0.15) is 0 Å². The van der Waals surface area contributed by atoms with Crippen LogP contribution in [-0.4, -0.2) is 31.2 Å². The van der Waals surface area contributed by atoms with E-state index < -0.39 is 13.6 Å². The maximum atomic E-state index is 4.89. The molecule has 0 aliphatic carbocycles. The Morgan fingerprint density at radius 3 is 1.25 bits per heavy atom. The van der Waals surface area contributed by atoms with Gasteiger partial charge in [0.25, 0.3) is 0 Å². The summed E-state index contributed by atoms with van der Waals surface area (Å²) in [6.45, 7) is 0. The van der Waals surface area contributed by atoms with Crippen molar-refractivity contribution in [2.75, 3.05) is 0 Å². The zero-order valence-corrected chi connectivity index (χ0v) is 7.46. The van der Waals surface area contributed by atoms with Gasteiger partial charge in [0.2, 0.25) is 0 Å². The Kier molecular flexibility index (Phi) is 20.2. The van der Waals surface area contributed by atoms with Crippen molar-refractivity contribution in [2.45, 2.75) is 0 Å². The van der Waals surface area contributed by atoms with Crippen LogP contribution in [0.15, 0.2) is 0 Å². The molecule has 0 spiro atoms. The molecule has 0 saturated heterocycles. The van der Waals surface area contributed by atoms with Gasteiger partial charge in [0.15, 0.2) is 0 Å². The summed E-state index contributed by atoms with van der Waals surface area (Å²) < 4.78 is 0. The Morgan fingerprint density at radius 1 is 1.25 bits per heavy atom. The van der Waals surface area contributed by atoms with Crippen molar-refractivity contribution >= 4 is 51.2 Å². The van der Waals surface area contributed by atoms with Crippen LogP contribution in [0.4, 0.5) is 0 Å². The van der Waals surface area contributed by atoms with Gasteiger partial charge in [-0.15, -0.1) is 0 Å². The van der Waals surface area contributed by atoms with Crippen molar-refractivity contribution in [2.24, 2.45) is 0 Å². The van der Waals surface area contributed by atoms with E-state index in [1.165, 1.54) is 0 Å². The molecule has 0 aliphatic heterocycles. The molecular formula is Cl2Ge2. The molecule has 4 heavy (non-hydrogen) atoms. The van der Waals surface area contributed by atoms with E-state index in [0.29, 0.717) is 0 Å². The van der Waals surface area contributed by atoms with Gasteiger partial charge in [-0.3, -0.25) is 0 Å². The predicted molar refractivity (Wildman–Crippen MR) is 23.2 cm³/mol. The molecular weight excluding hydrogens is 216 g/mol. The molecule has 0 heterocycles. The summed E-state index contributed by atoms with van der Waals surface area (Å²) >= 11 is -0.556. The molecule has 0 atom stereocenters. The Labute approximate surface area is 51.1 Å². The molecule has 0 rings (SSSR count). The van der Waals surface area contributed by atoms with E-state index in [1.54, 1.807) is 0 Å². The van der Waals surface area contributed by atoms with E-state index in [2.05, 4.69) is 0 Å². The minimum Gasteiger partial charge on any atom is 0 e. The normalized spacial score (nSPS) is 4.50. The van der Waals surface area contributed by atoms with Crippen LogP contribution in [0.25, 0.3) is 0 Å². The van der Waals surface area contributed by atoms with Crippen molar-refractivity contribution in [3.63, 3.8) is 0 Å². The Bertz CT molecular complexity index is 4.00. The number of hydrogen-bond acceptors (Lipinski definition) is 0. The van der Waals surface area contributed by atoms with E-state index in [0.717, 1.165) is 0 Å². The predicted octanol–water partition coefficient (Wildman–Crippen LogP) is 0.617. The van der Waals surface area contributed by atoms with Crippen LogP contribution >= 0.6 is 20.0 Å². The molecule has 0 aromatic carbocycles. The SMILES string of the molecule is [Cl][Ge][Cl].[Ge]. The third kappa shape index (κ3) is 9.39. The molecule has 22 valence electrons. The van der Waals surface area contributed by atoms with Crippen molar-refractivity contribution in [1.29, 1.82) is 0 Å². The molecule has 0 N–H and O–H groups in total. The van der Waals surface area contributed by atoms with E-state index in [-0.39, 0.29) is 17.6 Å². The maximum absolute atomic E-state index is 4.89. The van der Waals surface area contributed by atoms with Crippen LogP contribution in [0.5, 0.6) is 0 Å². The number of halogens is 2. The maximum Gasteiger partial charge on any atom is 0 e. The topological polar surface area (TPSA) is 0 Å². The zero-order chi connectivity index (χ0) is 2.71. The Balaban J connectivity index is 0. The number of rotatable bonds is 0. The minimum atomic E-state index is -0.556. The van der Waals surface area contributed by atoms with Crippen LogP contribution in [0.3, 0.4) is 0 Å². The van der Waals surface area contributed by atoms with Crippen LogP contribution in [0.1, 0.15) is 0 Å². The Hall–Kier alpha value is 1.67. The second-order valence-corrected chi connectivity index (χ2v) is 3.34. The first-order valence-electron chi connectivity index (χ1n) is 0.378. The van der Waals surface area contributed by atoms with Gasteiger partial charge >= 0.3 is 33.6 Å². The average molecular weight is 216 g/mol. The second-order valence-electron chi connectivity index (χ2n) is 0.0714. The molecule has 0 saturated carbocycles. The van der Waals surface area contributed by atoms with Crippen molar-refractivity contribution in [3.8, 4) is 0 Å². The van der Waals surface area contributed by atoms with Crippen LogP contribution in [0.2, 0.25) is 0 Å². The molecule has 4 heteroatoms. The fourth-order valence-electron chi connectivity index (χ4n) is 0. The van der Waals surface area contributed by atoms with Crippen LogP contribution < -0.4 is 0 Å². The molecule has 0 nitrogen and oxygen atoms in total. The molecule has 0 amide bonds. The molecule has 0 bridgehead atoms. The second kappa shape index (κ2) is 8.82. The Morgan fingerprint density at radius 2 is 1.25 bits per heavy atom. The first-order chi connectivity index (χ1) is 1.41. The van der Waals surface area contributed by atoms with Crippen molar-refractivity contribution in [3.05, 3.63) is 0 Å². The summed E-state index contributed by atoms with van der Waals surface area (Å²) in [5, 5.41) is 0. The van der Waals surface area contributed by atoms with E-state index in [4.69, 9.17) is 20.0 Å². The summed E-state index contributed by atoms with van der Waals surface area (Å²) in [5.41, 5.74) is 0. The standard InChI is InChI=1S/Cl2Ge.Ge/c1-3-2;. The smallest absolute Gasteiger partial charge is 0 e. The molecule has 0 aromatic rings. The third-order valence-corrected chi connectivity index (χ3v) is 0. The summed E-state index contributed by atoms with van der Waals surface area (Å²) in [4.78, 5) is 0. The quantitative estimate of drug-likeness (QED) is 0.521. The first kappa shape index (κ1) is 9.18. The number of hydrogen-bond donors (Lipinski definition) is 0. The largest absolute Gasteiger partial charge is 0 e. The van der Waals surface area contributed by atoms with Gasteiger partial charge in [0.1, 0.15) is 0 Å². The van der Waals surface area contributed by atoms with Crippen LogP contribution in [0, 0.1) is 0 Å². The molecule has 0 aliphatic rings. The summed E-state index contributed by atoms with van der Waals surface area (Å²) in [5.74, 6) is 0. The van der Waals surface area contributed by atoms with Gasteiger partial charge < -0.3 is 0 Å². The molecule has 0 aromatic heterocycles. The van der Waals surface area contributed by atoms with Gasteiger partial charge in [-0.25, -0.2) is 0 Å². The van der Waals surface area contributed by atoms with E-state index in [9.17, 15) is 0 Å². The molecule has 0 unspecified atom stereocenters. The zero-order valence-electron chi connectivity index (χ0n) is 1.76. The van der Waals surface area contributed by atoms with Crippen molar-refractivity contribution in [1.82, 2.24) is 0 Å². The minimum absolute atomic E-state index is 0. The third-order valence-electron chi connectivity index (χ3n) is 0. The van der Waals surface area contributed by atoms with Crippen LogP contribution in [-0.2, 0) is 0 Å². The van der Waals surface area contributed by atoms with Gasteiger partial charge in [-0.05, 0) is 0 Å². The summed E-state index contributed by atoms with van der Waals surface area (Å²) in [6, 6.07) is 0. The molecule has 6 radical (unpaired) electrons. The monoisotopic (exact) mass is 218 g/mol. The van der Waals surface area contributed by atoms with Crippen molar-refractivity contribution < 1.29 is 0 Å².